The predicted molar refractivity (Wildman–Crippen MR) is 39.5 cm³/mol. The summed E-state index contributed by atoms with van der Waals surface area (Å²) in [7, 11) is 1.82. The van der Waals surface area contributed by atoms with Crippen molar-refractivity contribution in [1.29, 1.82) is 0 Å². The summed E-state index contributed by atoms with van der Waals surface area (Å²) < 4.78 is 0. The number of rotatable bonds is 2. The second-order valence-corrected chi connectivity index (χ2v) is 2.53. The lowest BCUT2D eigenvalue weighted by Crippen LogP contribution is -2.14. The molecule has 4 heteroatoms. The molecule has 0 radical (unpaired) electrons. The van der Waals surface area contributed by atoms with Gasteiger partial charge in [-0.05, 0) is 6.92 Å². The van der Waals surface area contributed by atoms with Crippen LogP contribution in [0.5, 0.6) is 0 Å². The Morgan fingerprint density at radius 2 is 2.44 bits per heavy atom. The van der Waals surface area contributed by atoms with Gasteiger partial charge in [-0.15, -0.1) is 11.3 Å². The number of anilines is 1. The van der Waals surface area contributed by atoms with Gasteiger partial charge in [0.05, 0.1) is 5.69 Å². The van der Waals surface area contributed by atoms with E-state index in [1.807, 2.05) is 19.4 Å². The first-order valence-corrected chi connectivity index (χ1v) is 3.56. The van der Waals surface area contributed by atoms with Gasteiger partial charge in [0.1, 0.15) is 0 Å². The number of nitrogens with one attached hydrogen (secondary N) is 2. The van der Waals surface area contributed by atoms with E-state index in [9.17, 15) is 0 Å². The third-order valence-electron chi connectivity index (χ3n) is 0.851. The van der Waals surface area contributed by atoms with E-state index in [2.05, 4.69) is 15.8 Å². The van der Waals surface area contributed by atoms with E-state index >= 15 is 0 Å². The van der Waals surface area contributed by atoms with Crippen molar-refractivity contribution in [3.05, 3.63) is 11.1 Å². The molecule has 0 aliphatic carbocycles. The molecule has 0 spiro atoms. The third-order valence-corrected chi connectivity index (χ3v) is 1.73. The summed E-state index contributed by atoms with van der Waals surface area (Å²) in [5.74, 6) is 0. The Kier molecular flexibility index (Phi) is 2.02. The standard InChI is InChI=1S/C5H9N3S/c1-4-3-9-5(7-4)8-6-2/h3,6H,1-2H3,(H,7,8). The first kappa shape index (κ1) is 6.51. The van der Waals surface area contributed by atoms with Gasteiger partial charge < -0.3 is 0 Å². The fraction of sp³-hybridized carbons (Fsp3) is 0.400. The van der Waals surface area contributed by atoms with E-state index in [1.54, 1.807) is 11.3 Å². The maximum Gasteiger partial charge on any atom is 0.197 e. The van der Waals surface area contributed by atoms with Gasteiger partial charge in [-0.3, -0.25) is 5.43 Å². The zero-order chi connectivity index (χ0) is 6.69. The van der Waals surface area contributed by atoms with Crippen molar-refractivity contribution in [2.24, 2.45) is 0 Å². The molecule has 1 aromatic rings. The Morgan fingerprint density at radius 1 is 1.67 bits per heavy atom. The molecule has 0 fully saturated rings. The largest absolute Gasteiger partial charge is 0.297 e. The number of aromatic nitrogens is 1. The molecule has 0 unspecified atom stereocenters. The van der Waals surface area contributed by atoms with Gasteiger partial charge in [-0.2, -0.15) is 0 Å². The predicted octanol–water partition coefficient (Wildman–Crippen LogP) is 0.998. The molecular formula is C5H9N3S. The average molecular weight is 143 g/mol. The molecule has 0 atom stereocenters. The average Bonchev–Trinajstić information content (AvgIpc) is 2.17. The maximum absolute atomic E-state index is 4.15. The minimum atomic E-state index is 0.912. The molecule has 0 amide bonds. The molecule has 9 heavy (non-hydrogen) atoms. The summed E-state index contributed by atoms with van der Waals surface area (Å²) in [6, 6.07) is 0. The highest BCUT2D eigenvalue weighted by molar-refractivity contribution is 7.13. The molecule has 0 saturated heterocycles. The smallest absolute Gasteiger partial charge is 0.197 e. The van der Waals surface area contributed by atoms with Crippen LogP contribution in [0.15, 0.2) is 5.38 Å². The number of hydrogen-bond donors (Lipinski definition) is 2. The third kappa shape index (κ3) is 1.65. The van der Waals surface area contributed by atoms with Crippen molar-refractivity contribution in [2.75, 3.05) is 12.5 Å². The lowest BCUT2D eigenvalue weighted by Gasteiger charge is -1.94. The lowest BCUT2D eigenvalue weighted by atomic mass is 10.6. The number of aryl methyl sites for hydroxylation is 1. The number of nitrogens with zero attached hydrogens (tertiary/aromatic N) is 1. The highest BCUT2D eigenvalue weighted by atomic mass is 32.1. The fourth-order valence-corrected chi connectivity index (χ4v) is 1.21. The minimum absolute atomic E-state index is 0.912. The molecule has 0 aliphatic rings. The summed E-state index contributed by atoms with van der Waals surface area (Å²) in [5, 5.41) is 2.91. The molecule has 3 nitrogen and oxygen atoms in total. The van der Waals surface area contributed by atoms with Crippen molar-refractivity contribution in [2.45, 2.75) is 6.92 Å². The van der Waals surface area contributed by atoms with Crippen LogP contribution in [0.2, 0.25) is 0 Å². The van der Waals surface area contributed by atoms with E-state index in [0.717, 1.165) is 10.8 Å². The second-order valence-electron chi connectivity index (χ2n) is 1.67. The van der Waals surface area contributed by atoms with Crippen LogP contribution in [0.3, 0.4) is 0 Å². The molecule has 0 aromatic carbocycles. The SMILES string of the molecule is CNNc1nc(C)cs1. The van der Waals surface area contributed by atoms with Gasteiger partial charge in [0.25, 0.3) is 0 Å². The Balaban J connectivity index is 2.61. The minimum Gasteiger partial charge on any atom is -0.297 e. The normalized spacial score (nSPS) is 9.56. The highest BCUT2D eigenvalue weighted by Gasteiger charge is 1.92. The summed E-state index contributed by atoms with van der Waals surface area (Å²) in [6.45, 7) is 1.97. The van der Waals surface area contributed by atoms with Gasteiger partial charge in [0.2, 0.25) is 0 Å². The number of hydrazine groups is 1. The Hall–Kier alpha value is -0.610. The van der Waals surface area contributed by atoms with Gasteiger partial charge in [0.15, 0.2) is 5.13 Å². The molecular weight excluding hydrogens is 134 g/mol. The molecule has 2 N–H and O–H groups in total. The summed E-state index contributed by atoms with van der Waals surface area (Å²) in [4.78, 5) is 4.15. The van der Waals surface area contributed by atoms with Gasteiger partial charge in [-0.25, -0.2) is 10.4 Å². The van der Waals surface area contributed by atoms with Crippen LogP contribution in [-0.2, 0) is 0 Å². The van der Waals surface area contributed by atoms with E-state index in [0.29, 0.717) is 0 Å². The van der Waals surface area contributed by atoms with Crippen molar-refractivity contribution >= 4 is 16.5 Å². The van der Waals surface area contributed by atoms with E-state index in [1.165, 1.54) is 0 Å². The molecule has 1 aromatic heterocycles. The highest BCUT2D eigenvalue weighted by Crippen LogP contribution is 2.12. The summed E-state index contributed by atoms with van der Waals surface area (Å²) >= 11 is 1.59. The van der Waals surface area contributed by atoms with Crippen LogP contribution < -0.4 is 10.9 Å². The Morgan fingerprint density at radius 3 is 2.89 bits per heavy atom. The molecule has 1 rings (SSSR count). The second kappa shape index (κ2) is 2.80. The van der Waals surface area contributed by atoms with Crippen LogP contribution in [0, 0.1) is 6.92 Å². The number of hydrogen-bond acceptors (Lipinski definition) is 4. The molecule has 0 bridgehead atoms. The van der Waals surface area contributed by atoms with Gasteiger partial charge >= 0.3 is 0 Å². The number of thiazole rings is 1. The van der Waals surface area contributed by atoms with Gasteiger partial charge in [0, 0.05) is 12.4 Å². The molecule has 50 valence electrons. The zero-order valence-electron chi connectivity index (χ0n) is 5.43. The van der Waals surface area contributed by atoms with Crippen molar-refractivity contribution in [3.63, 3.8) is 0 Å². The van der Waals surface area contributed by atoms with Crippen molar-refractivity contribution in [3.8, 4) is 0 Å². The summed E-state index contributed by atoms with van der Waals surface area (Å²) in [6.07, 6.45) is 0. The molecule has 1 heterocycles. The zero-order valence-corrected chi connectivity index (χ0v) is 6.25. The quantitative estimate of drug-likeness (QED) is 0.606. The van der Waals surface area contributed by atoms with Crippen LogP contribution in [-0.4, -0.2) is 12.0 Å². The van der Waals surface area contributed by atoms with Crippen molar-refractivity contribution in [1.82, 2.24) is 10.4 Å². The van der Waals surface area contributed by atoms with E-state index < -0.39 is 0 Å². The summed E-state index contributed by atoms with van der Waals surface area (Å²) in [5.41, 5.74) is 6.73. The van der Waals surface area contributed by atoms with E-state index in [4.69, 9.17) is 0 Å². The topological polar surface area (TPSA) is 37.0 Å². The van der Waals surface area contributed by atoms with Crippen molar-refractivity contribution < 1.29 is 0 Å². The van der Waals surface area contributed by atoms with E-state index in [-0.39, 0.29) is 0 Å². The monoisotopic (exact) mass is 143 g/mol. The Bertz CT molecular complexity index is 184. The van der Waals surface area contributed by atoms with Crippen LogP contribution in [0.1, 0.15) is 5.69 Å². The first-order chi connectivity index (χ1) is 4.33. The Labute approximate surface area is 58.1 Å². The molecule has 0 saturated carbocycles. The van der Waals surface area contributed by atoms with Crippen LogP contribution in [0.25, 0.3) is 0 Å². The fourth-order valence-electron chi connectivity index (χ4n) is 0.518. The lowest BCUT2D eigenvalue weighted by molar-refractivity contribution is 0.974. The van der Waals surface area contributed by atoms with Crippen LogP contribution >= 0.6 is 11.3 Å². The first-order valence-electron chi connectivity index (χ1n) is 2.68. The van der Waals surface area contributed by atoms with Gasteiger partial charge in [-0.1, -0.05) is 0 Å². The van der Waals surface area contributed by atoms with Crippen LogP contribution in [0.4, 0.5) is 5.13 Å². The molecule has 0 aliphatic heterocycles. The maximum atomic E-state index is 4.15.